The van der Waals surface area contributed by atoms with E-state index in [0.29, 0.717) is 0 Å². The van der Waals surface area contributed by atoms with Gasteiger partial charge in [0, 0.05) is 34.7 Å². The van der Waals surface area contributed by atoms with Crippen LogP contribution in [0.1, 0.15) is 0 Å². The minimum Gasteiger partial charge on any atom is -0.284 e. The molecule has 3 aromatic rings. The quantitative estimate of drug-likeness (QED) is 0.757. The van der Waals surface area contributed by atoms with E-state index in [1.165, 1.54) is 0 Å². The maximum atomic E-state index is 5.89. The van der Waals surface area contributed by atoms with Crippen LogP contribution in [-0.2, 0) is 0 Å². The fourth-order valence-corrected chi connectivity index (χ4v) is 2.00. The summed E-state index contributed by atoms with van der Waals surface area (Å²) in [6.45, 7) is 0. The summed E-state index contributed by atoms with van der Waals surface area (Å²) in [7, 11) is 0. The predicted octanol–water partition coefficient (Wildman–Crippen LogP) is 3.79. The Kier molecular flexibility index (Phi) is 2.82. The molecule has 4 heteroatoms. The summed E-state index contributed by atoms with van der Waals surface area (Å²) in [5, 5.41) is 7.93. The Morgan fingerprint density at radius 3 is 2.33 bits per heavy atom. The Labute approximate surface area is 109 Å². The van der Waals surface area contributed by atoms with Crippen molar-refractivity contribution in [2.75, 3.05) is 0 Å². The second kappa shape index (κ2) is 4.63. The number of aromatic nitrogens is 3. The summed E-state index contributed by atoms with van der Waals surface area (Å²) < 4.78 is 0. The molecule has 2 aromatic heterocycles. The molecule has 0 saturated carbocycles. The van der Waals surface area contributed by atoms with Crippen LogP contribution in [0.25, 0.3) is 22.4 Å². The molecule has 0 aliphatic carbocycles. The fourth-order valence-electron chi connectivity index (χ4n) is 1.87. The van der Waals surface area contributed by atoms with E-state index >= 15 is 0 Å². The lowest BCUT2D eigenvalue weighted by Crippen LogP contribution is -1.82. The number of rotatable bonds is 2. The standard InChI is InChI=1S/C14H10ClN3/c15-12-3-1-11(2-4-12)14-13(9-17-18-14)10-5-7-16-8-6-10/h1-9H,(H,17,18). The van der Waals surface area contributed by atoms with Crippen LogP contribution in [0.3, 0.4) is 0 Å². The normalized spacial score (nSPS) is 10.5. The predicted molar refractivity (Wildman–Crippen MR) is 72.3 cm³/mol. The van der Waals surface area contributed by atoms with Gasteiger partial charge in [-0.2, -0.15) is 5.10 Å². The van der Waals surface area contributed by atoms with Crippen LogP contribution in [0, 0.1) is 0 Å². The molecule has 0 atom stereocenters. The van der Waals surface area contributed by atoms with Crippen LogP contribution < -0.4 is 0 Å². The van der Waals surface area contributed by atoms with E-state index in [-0.39, 0.29) is 0 Å². The van der Waals surface area contributed by atoms with Gasteiger partial charge in [-0.25, -0.2) is 0 Å². The van der Waals surface area contributed by atoms with Crippen molar-refractivity contribution in [1.29, 1.82) is 0 Å². The number of hydrogen-bond donors (Lipinski definition) is 1. The lowest BCUT2D eigenvalue weighted by molar-refractivity contribution is 1.10. The van der Waals surface area contributed by atoms with Crippen molar-refractivity contribution < 1.29 is 0 Å². The van der Waals surface area contributed by atoms with E-state index in [9.17, 15) is 0 Å². The molecule has 0 aliphatic heterocycles. The molecule has 88 valence electrons. The molecule has 3 nitrogen and oxygen atoms in total. The highest BCUT2D eigenvalue weighted by atomic mass is 35.5. The van der Waals surface area contributed by atoms with E-state index in [1.807, 2.05) is 42.6 Å². The highest BCUT2D eigenvalue weighted by molar-refractivity contribution is 6.30. The smallest absolute Gasteiger partial charge is 0.0999 e. The first kappa shape index (κ1) is 11.0. The molecule has 0 fully saturated rings. The number of H-pyrrole nitrogens is 1. The zero-order valence-corrected chi connectivity index (χ0v) is 10.2. The molecular formula is C14H10ClN3. The number of aromatic amines is 1. The van der Waals surface area contributed by atoms with Crippen molar-refractivity contribution in [3.8, 4) is 22.4 Å². The van der Waals surface area contributed by atoms with Crippen molar-refractivity contribution >= 4 is 11.6 Å². The van der Waals surface area contributed by atoms with Gasteiger partial charge in [0.1, 0.15) is 0 Å². The van der Waals surface area contributed by atoms with Gasteiger partial charge in [0.15, 0.2) is 0 Å². The Hall–Kier alpha value is -2.13. The molecule has 0 unspecified atom stereocenters. The zero-order valence-electron chi connectivity index (χ0n) is 9.47. The molecule has 2 heterocycles. The molecule has 0 spiro atoms. The van der Waals surface area contributed by atoms with Crippen LogP contribution in [0.4, 0.5) is 0 Å². The average Bonchev–Trinajstić information content (AvgIpc) is 2.90. The van der Waals surface area contributed by atoms with Crippen LogP contribution in [0.5, 0.6) is 0 Å². The topological polar surface area (TPSA) is 41.6 Å². The number of nitrogens with zero attached hydrogens (tertiary/aromatic N) is 2. The minimum atomic E-state index is 0.722. The third-order valence-electron chi connectivity index (χ3n) is 2.75. The Balaban J connectivity index is 2.10. The molecule has 0 amide bonds. The van der Waals surface area contributed by atoms with Gasteiger partial charge < -0.3 is 0 Å². The van der Waals surface area contributed by atoms with Gasteiger partial charge in [0.25, 0.3) is 0 Å². The first-order chi connectivity index (χ1) is 8.84. The third kappa shape index (κ3) is 2.00. The summed E-state index contributed by atoms with van der Waals surface area (Å²) in [5.74, 6) is 0. The van der Waals surface area contributed by atoms with Crippen LogP contribution >= 0.6 is 11.6 Å². The molecule has 0 radical (unpaired) electrons. The molecule has 0 saturated heterocycles. The second-order valence-corrected chi connectivity index (χ2v) is 4.33. The van der Waals surface area contributed by atoms with Gasteiger partial charge in [-0.15, -0.1) is 0 Å². The Morgan fingerprint density at radius 2 is 1.61 bits per heavy atom. The van der Waals surface area contributed by atoms with E-state index in [4.69, 9.17) is 11.6 Å². The van der Waals surface area contributed by atoms with E-state index < -0.39 is 0 Å². The number of pyridine rings is 1. The van der Waals surface area contributed by atoms with Gasteiger partial charge in [-0.3, -0.25) is 10.1 Å². The largest absolute Gasteiger partial charge is 0.284 e. The summed E-state index contributed by atoms with van der Waals surface area (Å²) >= 11 is 5.89. The molecule has 0 aliphatic rings. The third-order valence-corrected chi connectivity index (χ3v) is 3.00. The summed E-state index contributed by atoms with van der Waals surface area (Å²) in [6.07, 6.45) is 5.43. The zero-order chi connectivity index (χ0) is 12.4. The van der Waals surface area contributed by atoms with Crippen molar-refractivity contribution in [1.82, 2.24) is 15.2 Å². The molecule has 1 aromatic carbocycles. The Bertz CT molecular complexity index is 644. The number of nitrogens with one attached hydrogen (secondary N) is 1. The summed E-state index contributed by atoms with van der Waals surface area (Å²) in [6, 6.07) is 11.6. The van der Waals surface area contributed by atoms with Crippen molar-refractivity contribution in [3.63, 3.8) is 0 Å². The first-order valence-electron chi connectivity index (χ1n) is 5.55. The minimum absolute atomic E-state index is 0.722. The Morgan fingerprint density at radius 1 is 0.889 bits per heavy atom. The SMILES string of the molecule is Clc1ccc(-c2n[nH]cc2-c2ccncc2)cc1. The van der Waals surface area contributed by atoms with Crippen molar-refractivity contribution in [3.05, 3.63) is 60.0 Å². The van der Waals surface area contributed by atoms with Crippen LogP contribution in [0.2, 0.25) is 5.02 Å². The van der Waals surface area contributed by atoms with Crippen LogP contribution in [-0.4, -0.2) is 15.2 Å². The van der Waals surface area contributed by atoms with Gasteiger partial charge in [-0.1, -0.05) is 23.7 Å². The molecule has 3 rings (SSSR count). The second-order valence-electron chi connectivity index (χ2n) is 3.89. The van der Waals surface area contributed by atoms with Gasteiger partial charge in [0.05, 0.1) is 5.69 Å². The van der Waals surface area contributed by atoms with Gasteiger partial charge >= 0.3 is 0 Å². The molecule has 1 N–H and O–H groups in total. The average molecular weight is 256 g/mol. The highest BCUT2D eigenvalue weighted by Gasteiger charge is 2.09. The van der Waals surface area contributed by atoms with Crippen molar-refractivity contribution in [2.24, 2.45) is 0 Å². The lowest BCUT2D eigenvalue weighted by atomic mass is 10.0. The number of hydrogen-bond acceptors (Lipinski definition) is 2. The van der Waals surface area contributed by atoms with E-state index in [2.05, 4.69) is 15.2 Å². The highest BCUT2D eigenvalue weighted by Crippen LogP contribution is 2.30. The van der Waals surface area contributed by atoms with E-state index in [0.717, 1.165) is 27.4 Å². The van der Waals surface area contributed by atoms with Crippen LogP contribution in [0.15, 0.2) is 55.0 Å². The summed E-state index contributed by atoms with van der Waals surface area (Å²) in [4.78, 5) is 4.02. The molecule has 0 bridgehead atoms. The number of benzene rings is 1. The van der Waals surface area contributed by atoms with E-state index in [1.54, 1.807) is 12.4 Å². The van der Waals surface area contributed by atoms with Crippen molar-refractivity contribution in [2.45, 2.75) is 0 Å². The maximum absolute atomic E-state index is 5.89. The van der Waals surface area contributed by atoms with Gasteiger partial charge in [0.2, 0.25) is 0 Å². The number of halogens is 1. The molecular weight excluding hydrogens is 246 g/mol. The first-order valence-corrected chi connectivity index (χ1v) is 5.92. The monoisotopic (exact) mass is 255 g/mol. The summed E-state index contributed by atoms with van der Waals surface area (Å²) in [5.41, 5.74) is 4.09. The van der Waals surface area contributed by atoms with Gasteiger partial charge in [-0.05, 0) is 29.8 Å². The molecule has 18 heavy (non-hydrogen) atoms. The lowest BCUT2D eigenvalue weighted by Gasteiger charge is -2.02. The maximum Gasteiger partial charge on any atom is 0.0999 e. The fraction of sp³-hybridized carbons (Fsp3) is 0.